The van der Waals surface area contributed by atoms with Gasteiger partial charge >= 0.3 is 6.36 Å². The van der Waals surface area contributed by atoms with Crippen LogP contribution in [0.1, 0.15) is 52.3 Å². The van der Waals surface area contributed by atoms with Gasteiger partial charge in [0.2, 0.25) is 5.89 Å². The summed E-state index contributed by atoms with van der Waals surface area (Å²) >= 11 is 0. The van der Waals surface area contributed by atoms with Crippen molar-refractivity contribution in [3.05, 3.63) is 47.2 Å². The summed E-state index contributed by atoms with van der Waals surface area (Å²) in [5.74, 6) is -0.00336. The van der Waals surface area contributed by atoms with Gasteiger partial charge in [-0.1, -0.05) is 6.92 Å². The second-order valence-electron chi connectivity index (χ2n) is 7.24. The Morgan fingerprint density at radius 1 is 1.23 bits per heavy atom. The lowest BCUT2D eigenvalue weighted by molar-refractivity contribution is -0.274. The van der Waals surface area contributed by atoms with E-state index in [9.17, 15) is 22.8 Å². The van der Waals surface area contributed by atoms with E-state index in [-0.39, 0.29) is 29.6 Å². The number of aromatic nitrogens is 1. The Bertz CT molecular complexity index is 901. The fraction of sp³-hybridized carbons (Fsp3) is 0.450. The van der Waals surface area contributed by atoms with Gasteiger partial charge in [0, 0.05) is 18.7 Å². The van der Waals surface area contributed by atoms with Gasteiger partial charge in [-0.15, -0.1) is 13.2 Å². The highest BCUT2D eigenvalue weighted by Gasteiger charge is 2.31. The summed E-state index contributed by atoms with van der Waals surface area (Å²) in [5.41, 5.74) is 0.369. The van der Waals surface area contributed by atoms with Crippen LogP contribution >= 0.6 is 0 Å². The number of carbonyl (C=O) groups is 2. The smallest absolute Gasteiger partial charge is 0.443 e. The number of piperidine rings is 1. The van der Waals surface area contributed by atoms with Crippen molar-refractivity contribution in [1.29, 1.82) is 0 Å². The Morgan fingerprint density at radius 2 is 1.87 bits per heavy atom. The van der Waals surface area contributed by atoms with Crippen molar-refractivity contribution in [3.8, 4) is 5.75 Å². The quantitative estimate of drug-likeness (QED) is 0.790. The first kappa shape index (κ1) is 21.7. The minimum absolute atomic E-state index is 0.0647. The molecule has 0 atom stereocenters. The lowest BCUT2D eigenvalue weighted by Crippen LogP contribution is -2.38. The second kappa shape index (κ2) is 8.76. The van der Waals surface area contributed by atoms with Gasteiger partial charge in [-0.25, -0.2) is 4.98 Å². The molecule has 2 amide bonds. The molecule has 1 N–H and O–H groups in total. The van der Waals surface area contributed by atoms with Gasteiger partial charge in [-0.05, 0) is 49.9 Å². The van der Waals surface area contributed by atoms with Gasteiger partial charge in [0.1, 0.15) is 11.5 Å². The number of oxazole rings is 1. The molecule has 0 radical (unpaired) electrons. The molecular formula is C20H22F3N3O4. The Hall–Kier alpha value is -3.04. The molecule has 1 aromatic heterocycles. The molecule has 2 heterocycles. The number of nitrogens with zero attached hydrogens (tertiary/aromatic N) is 2. The average Bonchev–Trinajstić information content (AvgIpc) is 3.06. The van der Waals surface area contributed by atoms with Crippen molar-refractivity contribution < 1.29 is 31.9 Å². The van der Waals surface area contributed by atoms with Crippen molar-refractivity contribution in [2.24, 2.45) is 5.92 Å². The standard InChI is InChI=1S/C20H22F3N3O4/c1-12-7-9-26(10-8-12)19(28)17-13(2)29-16(25-17)11-24-18(27)14-3-5-15(6-4-14)30-20(21,22)23/h3-6,12H,7-11H2,1-2H3,(H,24,27). The predicted octanol–water partition coefficient (Wildman–Crippen LogP) is 3.68. The van der Waals surface area contributed by atoms with Crippen LogP contribution < -0.4 is 10.1 Å². The zero-order chi connectivity index (χ0) is 21.9. The minimum atomic E-state index is -4.80. The number of carbonyl (C=O) groups excluding carboxylic acids is 2. The maximum Gasteiger partial charge on any atom is 0.573 e. The molecule has 2 aromatic rings. The molecule has 162 valence electrons. The lowest BCUT2D eigenvalue weighted by Gasteiger charge is -2.29. The molecule has 1 fully saturated rings. The second-order valence-corrected chi connectivity index (χ2v) is 7.24. The summed E-state index contributed by atoms with van der Waals surface area (Å²) in [6, 6.07) is 4.52. The topological polar surface area (TPSA) is 84.7 Å². The van der Waals surface area contributed by atoms with E-state index < -0.39 is 18.0 Å². The van der Waals surface area contributed by atoms with Gasteiger partial charge < -0.3 is 19.4 Å². The molecule has 1 saturated heterocycles. The Labute approximate surface area is 171 Å². The number of nitrogens with one attached hydrogen (secondary N) is 1. The Balaban J connectivity index is 1.58. The van der Waals surface area contributed by atoms with E-state index in [1.807, 2.05) is 0 Å². The molecule has 0 aliphatic carbocycles. The number of hydrogen-bond donors (Lipinski definition) is 1. The van der Waals surface area contributed by atoms with E-state index >= 15 is 0 Å². The Morgan fingerprint density at radius 3 is 2.47 bits per heavy atom. The number of aryl methyl sites for hydroxylation is 1. The van der Waals surface area contributed by atoms with E-state index in [0.717, 1.165) is 25.0 Å². The number of ether oxygens (including phenoxy) is 1. The normalized spacial score (nSPS) is 15.2. The summed E-state index contributed by atoms with van der Waals surface area (Å²) in [6.07, 6.45) is -2.91. The Kier molecular flexibility index (Phi) is 6.33. The highest BCUT2D eigenvalue weighted by atomic mass is 19.4. The largest absolute Gasteiger partial charge is 0.573 e. The van der Waals surface area contributed by atoms with E-state index in [1.54, 1.807) is 11.8 Å². The van der Waals surface area contributed by atoms with Crippen LogP contribution in [0.5, 0.6) is 5.75 Å². The molecule has 0 spiro atoms. The van der Waals surface area contributed by atoms with Crippen molar-refractivity contribution in [2.45, 2.75) is 39.6 Å². The van der Waals surface area contributed by atoms with Gasteiger partial charge in [-0.2, -0.15) is 0 Å². The molecule has 0 bridgehead atoms. The van der Waals surface area contributed by atoms with E-state index in [0.29, 0.717) is 24.8 Å². The van der Waals surface area contributed by atoms with Crippen LogP contribution in [0.3, 0.4) is 0 Å². The SMILES string of the molecule is Cc1oc(CNC(=O)c2ccc(OC(F)(F)F)cc2)nc1C(=O)N1CCC(C)CC1. The summed E-state index contributed by atoms with van der Waals surface area (Å²) in [7, 11) is 0. The monoisotopic (exact) mass is 425 g/mol. The molecule has 1 aromatic carbocycles. The molecule has 3 rings (SSSR count). The number of likely N-dealkylation sites (tertiary alicyclic amines) is 1. The number of amides is 2. The third-order valence-corrected chi connectivity index (χ3v) is 4.86. The fourth-order valence-corrected chi connectivity index (χ4v) is 3.15. The van der Waals surface area contributed by atoms with Gasteiger partial charge in [-0.3, -0.25) is 9.59 Å². The number of alkyl halides is 3. The van der Waals surface area contributed by atoms with Crippen molar-refractivity contribution in [2.75, 3.05) is 13.1 Å². The number of halogens is 3. The molecule has 10 heteroatoms. The third kappa shape index (κ3) is 5.52. The van der Waals surface area contributed by atoms with Crippen LogP contribution in [-0.4, -0.2) is 41.2 Å². The zero-order valence-electron chi connectivity index (χ0n) is 16.6. The van der Waals surface area contributed by atoms with Gasteiger partial charge in [0.15, 0.2) is 5.69 Å². The number of benzene rings is 1. The first-order valence-electron chi connectivity index (χ1n) is 9.52. The van der Waals surface area contributed by atoms with E-state index in [2.05, 4.69) is 22.0 Å². The lowest BCUT2D eigenvalue weighted by atomic mass is 9.99. The van der Waals surface area contributed by atoms with Gasteiger partial charge in [0.25, 0.3) is 11.8 Å². The summed E-state index contributed by atoms with van der Waals surface area (Å²) < 4.78 is 45.8. The molecule has 7 nitrogen and oxygen atoms in total. The van der Waals surface area contributed by atoms with Gasteiger partial charge in [0.05, 0.1) is 6.54 Å². The van der Waals surface area contributed by atoms with Crippen LogP contribution in [-0.2, 0) is 6.54 Å². The maximum atomic E-state index is 12.7. The van der Waals surface area contributed by atoms with Crippen LogP contribution in [0, 0.1) is 12.8 Å². The molecule has 30 heavy (non-hydrogen) atoms. The zero-order valence-corrected chi connectivity index (χ0v) is 16.6. The average molecular weight is 425 g/mol. The van der Waals surface area contributed by atoms with Crippen molar-refractivity contribution in [3.63, 3.8) is 0 Å². The van der Waals surface area contributed by atoms with E-state index in [1.165, 1.54) is 12.1 Å². The predicted molar refractivity (Wildman–Crippen MR) is 99.8 cm³/mol. The fourth-order valence-electron chi connectivity index (χ4n) is 3.15. The molecule has 1 aliphatic heterocycles. The highest BCUT2D eigenvalue weighted by molar-refractivity contribution is 5.94. The summed E-state index contributed by atoms with van der Waals surface area (Å²) in [6.45, 7) is 5.07. The van der Waals surface area contributed by atoms with Crippen LogP contribution in [0.15, 0.2) is 28.7 Å². The number of hydrogen-bond acceptors (Lipinski definition) is 5. The number of rotatable bonds is 5. The molecule has 0 saturated carbocycles. The van der Waals surface area contributed by atoms with Crippen molar-refractivity contribution in [1.82, 2.24) is 15.2 Å². The van der Waals surface area contributed by atoms with Crippen molar-refractivity contribution >= 4 is 11.8 Å². The summed E-state index contributed by atoms with van der Waals surface area (Å²) in [4.78, 5) is 30.8. The first-order valence-corrected chi connectivity index (χ1v) is 9.52. The molecule has 0 unspecified atom stereocenters. The van der Waals surface area contributed by atoms with Crippen LogP contribution in [0.2, 0.25) is 0 Å². The van der Waals surface area contributed by atoms with Crippen LogP contribution in [0.25, 0.3) is 0 Å². The molecular weight excluding hydrogens is 403 g/mol. The minimum Gasteiger partial charge on any atom is -0.443 e. The third-order valence-electron chi connectivity index (χ3n) is 4.86. The van der Waals surface area contributed by atoms with E-state index in [4.69, 9.17) is 4.42 Å². The molecule has 1 aliphatic rings. The van der Waals surface area contributed by atoms with Crippen LogP contribution in [0.4, 0.5) is 13.2 Å². The maximum absolute atomic E-state index is 12.7. The highest BCUT2D eigenvalue weighted by Crippen LogP contribution is 2.23. The summed E-state index contributed by atoms with van der Waals surface area (Å²) in [5, 5.41) is 2.56. The first-order chi connectivity index (χ1) is 14.1.